The molecule has 0 bridgehead atoms. The lowest BCUT2D eigenvalue weighted by Gasteiger charge is -2.03. The van der Waals surface area contributed by atoms with Crippen molar-refractivity contribution < 1.29 is 9.53 Å². The zero-order valence-corrected chi connectivity index (χ0v) is 9.64. The van der Waals surface area contributed by atoms with Crippen molar-refractivity contribution in [3.05, 3.63) is 30.1 Å². The SMILES string of the molecule is COC(=O)/C(C)=C/CNCCn1cccn1. The molecule has 0 saturated heterocycles. The second-order valence-electron chi connectivity index (χ2n) is 3.35. The number of carbonyl (C=O) groups is 1. The van der Waals surface area contributed by atoms with Crippen molar-refractivity contribution in [3.8, 4) is 0 Å². The van der Waals surface area contributed by atoms with E-state index in [9.17, 15) is 4.79 Å². The van der Waals surface area contributed by atoms with Crippen LogP contribution >= 0.6 is 0 Å². The van der Waals surface area contributed by atoms with E-state index in [2.05, 4.69) is 15.2 Å². The number of carbonyl (C=O) groups excluding carboxylic acids is 1. The molecule has 1 N–H and O–H groups in total. The third kappa shape index (κ3) is 4.27. The summed E-state index contributed by atoms with van der Waals surface area (Å²) in [6.45, 7) is 4.02. The quantitative estimate of drug-likeness (QED) is 0.436. The number of ether oxygens (including phenoxy) is 1. The molecule has 16 heavy (non-hydrogen) atoms. The van der Waals surface area contributed by atoms with Crippen LogP contribution in [0.4, 0.5) is 0 Å². The minimum absolute atomic E-state index is 0.283. The van der Waals surface area contributed by atoms with E-state index in [0.29, 0.717) is 12.1 Å². The second kappa shape index (κ2) is 6.79. The van der Waals surface area contributed by atoms with Gasteiger partial charge in [-0.3, -0.25) is 4.68 Å². The van der Waals surface area contributed by atoms with Gasteiger partial charge in [0.15, 0.2) is 0 Å². The molecule has 0 aliphatic carbocycles. The maximum Gasteiger partial charge on any atom is 0.333 e. The smallest absolute Gasteiger partial charge is 0.333 e. The van der Waals surface area contributed by atoms with Gasteiger partial charge in [0.2, 0.25) is 0 Å². The number of nitrogens with zero attached hydrogens (tertiary/aromatic N) is 2. The zero-order chi connectivity index (χ0) is 11.8. The number of methoxy groups -OCH3 is 1. The Hall–Kier alpha value is -1.62. The van der Waals surface area contributed by atoms with Crippen LogP contribution < -0.4 is 5.32 Å². The molecule has 0 spiro atoms. The topological polar surface area (TPSA) is 56.1 Å². The third-order valence-corrected chi connectivity index (χ3v) is 2.14. The van der Waals surface area contributed by atoms with E-state index < -0.39 is 0 Å². The zero-order valence-electron chi connectivity index (χ0n) is 9.64. The van der Waals surface area contributed by atoms with Gasteiger partial charge in [0.05, 0.1) is 13.7 Å². The summed E-state index contributed by atoms with van der Waals surface area (Å²) >= 11 is 0. The van der Waals surface area contributed by atoms with Gasteiger partial charge in [0.1, 0.15) is 0 Å². The van der Waals surface area contributed by atoms with E-state index >= 15 is 0 Å². The summed E-state index contributed by atoms with van der Waals surface area (Å²) in [6.07, 6.45) is 5.48. The Labute approximate surface area is 95.1 Å². The summed E-state index contributed by atoms with van der Waals surface area (Å²) < 4.78 is 6.43. The Morgan fingerprint density at radius 2 is 2.44 bits per heavy atom. The molecule has 0 unspecified atom stereocenters. The van der Waals surface area contributed by atoms with Gasteiger partial charge in [-0.15, -0.1) is 0 Å². The number of esters is 1. The lowest BCUT2D eigenvalue weighted by molar-refractivity contribution is -0.136. The molecule has 0 aromatic carbocycles. The maximum atomic E-state index is 11.0. The molecule has 1 heterocycles. The molecule has 1 rings (SSSR count). The van der Waals surface area contributed by atoms with Crippen LogP contribution in [-0.4, -0.2) is 35.9 Å². The lowest BCUT2D eigenvalue weighted by Crippen LogP contribution is -2.20. The molecule has 1 aromatic rings. The average Bonchev–Trinajstić information content (AvgIpc) is 2.80. The summed E-state index contributed by atoms with van der Waals surface area (Å²) in [6, 6.07) is 1.89. The van der Waals surface area contributed by atoms with Crippen LogP contribution in [0.25, 0.3) is 0 Å². The minimum atomic E-state index is -0.283. The summed E-state index contributed by atoms with van der Waals surface area (Å²) in [5.41, 5.74) is 0.620. The lowest BCUT2D eigenvalue weighted by atomic mass is 10.3. The van der Waals surface area contributed by atoms with Gasteiger partial charge in [0, 0.05) is 31.1 Å². The monoisotopic (exact) mass is 223 g/mol. The molecular formula is C11H17N3O2. The number of rotatable bonds is 6. The fourth-order valence-corrected chi connectivity index (χ4v) is 1.20. The predicted molar refractivity (Wildman–Crippen MR) is 60.9 cm³/mol. The van der Waals surface area contributed by atoms with Gasteiger partial charge in [-0.25, -0.2) is 4.79 Å². The van der Waals surface area contributed by atoms with Crippen LogP contribution in [0.1, 0.15) is 6.92 Å². The van der Waals surface area contributed by atoms with Crippen LogP contribution in [0.5, 0.6) is 0 Å². The van der Waals surface area contributed by atoms with Crippen molar-refractivity contribution in [2.24, 2.45) is 0 Å². The summed E-state index contributed by atoms with van der Waals surface area (Å²) in [5, 5.41) is 7.27. The molecule has 5 nitrogen and oxygen atoms in total. The fraction of sp³-hybridized carbons (Fsp3) is 0.455. The second-order valence-corrected chi connectivity index (χ2v) is 3.35. The summed E-state index contributed by atoms with van der Waals surface area (Å²) in [7, 11) is 1.38. The molecule has 0 fully saturated rings. The third-order valence-electron chi connectivity index (χ3n) is 2.14. The molecule has 0 aliphatic heterocycles. The van der Waals surface area contributed by atoms with E-state index in [1.165, 1.54) is 7.11 Å². The normalized spacial score (nSPS) is 11.5. The highest BCUT2D eigenvalue weighted by atomic mass is 16.5. The van der Waals surface area contributed by atoms with Crippen molar-refractivity contribution >= 4 is 5.97 Å². The largest absolute Gasteiger partial charge is 0.466 e. The first-order valence-electron chi connectivity index (χ1n) is 5.17. The molecule has 88 valence electrons. The van der Waals surface area contributed by atoms with E-state index in [-0.39, 0.29) is 5.97 Å². The van der Waals surface area contributed by atoms with Gasteiger partial charge in [-0.1, -0.05) is 6.08 Å². The number of aromatic nitrogens is 2. The Balaban J connectivity index is 2.14. The van der Waals surface area contributed by atoms with Gasteiger partial charge in [-0.05, 0) is 13.0 Å². The van der Waals surface area contributed by atoms with Gasteiger partial charge in [-0.2, -0.15) is 5.10 Å². The van der Waals surface area contributed by atoms with Crippen LogP contribution in [0, 0.1) is 0 Å². The standard InChI is InChI=1S/C11H17N3O2/c1-10(11(15)16-2)4-6-12-7-9-14-8-3-5-13-14/h3-5,8,12H,6-7,9H2,1-2H3/b10-4+. The van der Waals surface area contributed by atoms with E-state index in [1.54, 1.807) is 13.1 Å². The van der Waals surface area contributed by atoms with E-state index in [0.717, 1.165) is 13.1 Å². The number of hydrogen-bond donors (Lipinski definition) is 1. The first kappa shape index (κ1) is 12.4. The molecule has 5 heteroatoms. The highest BCUT2D eigenvalue weighted by Gasteiger charge is 2.00. The van der Waals surface area contributed by atoms with Crippen molar-refractivity contribution in [1.29, 1.82) is 0 Å². The highest BCUT2D eigenvalue weighted by molar-refractivity contribution is 5.87. The Morgan fingerprint density at radius 1 is 1.62 bits per heavy atom. The predicted octanol–water partition coefficient (Wildman–Crippen LogP) is 0.592. The number of hydrogen-bond acceptors (Lipinski definition) is 4. The van der Waals surface area contributed by atoms with Gasteiger partial charge < -0.3 is 10.1 Å². The average molecular weight is 223 g/mol. The Morgan fingerprint density at radius 3 is 3.06 bits per heavy atom. The summed E-state index contributed by atoms with van der Waals surface area (Å²) in [5.74, 6) is -0.283. The molecule has 1 aromatic heterocycles. The van der Waals surface area contributed by atoms with E-state index in [1.807, 2.05) is 23.0 Å². The molecule has 0 aliphatic rings. The van der Waals surface area contributed by atoms with Crippen LogP contribution in [-0.2, 0) is 16.1 Å². The summed E-state index contributed by atoms with van der Waals surface area (Å²) in [4.78, 5) is 11.0. The molecule has 0 amide bonds. The highest BCUT2D eigenvalue weighted by Crippen LogP contribution is 1.93. The fourth-order valence-electron chi connectivity index (χ4n) is 1.20. The van der Waals surface area contributed by atoms with Crippen molar-refractivity contribution in [1.82, 2.24) is 15.1 Å². The molecule has 0 radical (unpaired) electrons. The number of nitrogens with one attached hydrogen (secondary N) is 1. The molecule has 0 saturated carbocycles. The maximum absolute atomic E-state index is 11.0. The Bertz CT molecular complexity index is 344. The minimum Gasteiger partial charge on any atom is -0.466 e. The van der Waals surface area contributed by atoms with E-state index in [4.69, 9.17) is 0 Å². The first-order valence-corrected chi connectivity index (χ1v) is 5.17. The van der Waals surface area contributed by atoms with Crippen molar-refractivity contribution in [2.75, 3.05) is 20.2 Å². The van der Waals surface area contributed by atoms with Crippen LogP contribution in [0.2, 0.25) is 0 Å². The molecular weight excluding hydrogens is 206 g/mol. The first-order chi connectivity index (χ1) is 7.74. The van der Waals surface area contributed by atoms with Crippen molar-refractivity contribution in [2.45, 2.75) is 13.5 Å². The van der Waals surface area contributed by atoms with Gasteiger partial charge >= 0.3 is 5.97 Å². The van der Waals surface area contributed by atoms with Crippen LogP contribution in [0.3, 0.4) is 0 Å². The van der Waals surface area contributed by atoms with Crippen molar-refractivity contribution in [3.63, 3.8) is 0 Å². The molecule has 0 atom stereocenters. The van der Waals surface area contributed by atoms with Gasteiger partial charge in [0.25, 0.3) is 0 Å². The van der Waals surface area contributed by atoms with Crippen LogP contribution in [0.15, 0.2) is 30.1 Å². The Kier molecular flexibility index (Phi) is 5.28.